The minimum absolute atomic E-state index is 0.0315. The summed E-state index contributed by atoms with van der Waals surface area (Å²) in [4.78, 5) is 19.1. The van der Waals surface area contributed by atoms with Gasteiger partial charge in [0.2, 0.25) is 5.91 Å². The summed E-state index contributed by atoms with van der Waals surface area (Å²) in [7, 11) is -3.07. The van der Waals surface area contributed by atoms with E-state index < -0.39 is 9.84 Å². The Morgan fingerprint density at radius 2 is 1.93 bits per heavy atom. The van der Waals surface area contributed by atoms with Gasteiger partial charge in [-0.2, -0.15) is 0 Å². The molecule has 1 unspecified atom stereocenters. The Bertz CT molecular complexity index is 916. The van der Waals surface area contributed by atoms with Crippen LogP contribution in [-0.4, -0.2) is 41.8 Å². The summed E-state index contributed by atoms with van der Waals surface area (Å²) < 4.78 is 23.9. The lowest BCUT2D eigenvalue weighted by Gasteiger charge is -2.29. The molecule has 3 rings (SSSR count). The molecule has 0 spiro atoms. The predicted molar refractivity (Wildman–Crippen MR) is 106 cm³/mol. The number of carbonyl (C=O) groups excluding carboxylic acids is 1. The maximum Gasteiger partial charge on any atom is 0.227 e. The lowest BCUT2D eigenvalue weighted by molar-refractivity contribution is -0.133. The van der Waals surface area contributed by atoms with Gasteiger partial charge >= 0.3 is 0 Å². The fraction of sp³-hybridized carbons (Fsp3) is 0.429. The number of rotatable bonds is 5. The molecule has 1 aliphatic rings. The minimum atomic E-state index is -3.07. The number of carbonyl (C=O) groups is 1. The molecule has 1 fully saturated rings. The van der Waals surface area contributed by atoms with Gasteiger partial charge in [0.25, 0.3) is 0 Å². The number of aryl methyl sites for hydroxylation is 3. The first kappa shape index (κ1) is 19.5. The lowest BCUT2D eigenvalue weighted by atomic mass is 9.96. The summed E-state index contributed by atoms with van der Waals surface area (Å²) in [6.45, 7) is 6.47. The lowest BCUT2D eigenvalue weighted by Crippen LogP contribution is -2.41. The van der Waals surface area contributed by atoms with E-state index in [9.17, 15) is 13.2 Å². The summed E-state index contributed by atoms with van der Waals surface area (Å²) >= 11 is 0. The minimum Gasteiger partial charge on any atom is -0.334 e. The Hall–Kier alpha value is -2.21. The van der Waals surface area contributed by atoms with E-state index in [4.69, 9.17) is 0 Å². The third-order valence-electron chi connectivity index (χ3n) is 5.21. The van der Waals surface area contributed by atoms with Crippen LogP contribution in [0.3, 0.4) is 0 Å². The molecule has 0 radical (unpaired) electrons. The highest BCUT2D eigenvalue weighted by molar-refractivity contribution is 7.91. The van der Waals surface area contributed by atoms with Gasteiger partial charge in [0.1, 0.15) is 0 Å². The van der Waals surface area contributed by atoms with Crippen molar-refractivity contribution in [3.8, 4) is 0 Å². The van der Waals surface area contributed by atoms with Crippen LogP contribution in [-0.2, 0) is 27.6 Å². The number of hydrogen-bond acceptors (Lipinski definition) is 4. The van der Waals surface area contributed by atoms with Crippen LogP contribution in [0.1, 0.15) is 34.2 Å². The fourth-order valence-corrected chi connectivity index (χ4v) is 5.60. The van der Waals surface area contributed by atoms with E-state index in [0.29, 0.717) is 13.0 Å². The van der Waals surface area contributed by atoms with Crippen LogP contribution in [0, 0.1) is 20.8 Å². The van der Waals surface area contributed by atoms with Crippen molar-refractivity contribution >= 4 is 15.7 Å². The van der Waals surface area contributed by atoms with Crippen LogP contribution in [0.5, 0.6) is 0 Å². The normalized spacial score (nSPS) is 18.4. The first-order valence-electron chi connectivity index (χ1n) is 9.21. The molecule has 27 heavy (non-hydrogen) atoms. The predicted octanol–water partition coefficient (Wildman–Crippen LogP) is 2.77. The van der Waals surface area contributed by atoms with E-state index in [1.54, 1.807) is 17.3 Å². The molecule has 0 bridgehead atoms. The average molecular weight is 387 g/mol. The molecule has 1 atom stereocenters. The first-order valence-corrected chi connectivity index (χ1v) is 11.0. The van der Waals surface area contributed by atoms with Gasteiger partial charge in [-0.3, -0.25) is 9.78 Å². The van der Waals surface area contributed by atoms with E-state index in [1.807, 2.05) is 32.9 Å². The molecule has 1 amide bonds. The second-order valence-electron chi connectivity index (χ2n) is 7.49. The molecule has 0 aliphatic carbocycles. The summed E-state index contributed by atoms with van der Waals surface area (Å²) in [5.41, 5.74) is 5.31. The average Bonchev–Trinajstić information content (AvgIpc) is 2.96. The smallest absolute Gasteiger partial charge is 0.227 e. The molecule has 1 saturated heterocycles. The molecule has 0 N–H and O–H groups in total. The van der Waals surface area contributed by atoms with Crippen molar-refractivity contribution in [3.05, 3.63) is 64.5 Å². The molecule has 1 aromatic carbocycles. The molecule has 1 aromatic heterocycles. The van der Waals surface area contributed by atoms with Crippen molar-refractivity contribution in [1.82, 2.24) is 9.88 Å². The van der Waals surface area contributed by atoms with E-state index in [0.717, 1.165) is 22.3 Å². The highest BCUT2D eigenvalue weighted by atomic mass is 32.2. The van der Waals surface area contributed by atoms with E-state index in [-0.39, 0.29) is 29.9 Å². The number of benzene rings is 1. The molecule has 5 nitrogen and oxygen atoms in total. The van der Waals surface area contributed by atoms with Gasteiger partial charge in [0.15, 0.2) is 9.84 Å². The van der Waals surface area contributed by atoms with Crippen molar-refractivity contribution in [3.63, 3.8) is 0 Å². The summed E-state index contributed by atoms with van der Waals surface area (Å²) in [6.07, 6.45) is 4.20. The Morgan fingerprint density at radius 1 is 1.22 bits per heavy atom. The Labute approximate surface area is 161 Å². The van der Waals surface area contributed by atoms with Crippen LogP contribution in [0.25, 0.3) is 0 Å². The van der Waals surface area contributed by atoms with Crippen LogP contribution in [0.2, 0.25) is 0 Å². The van der Waals surface area contributed by atoms with E-state index >= 15 is 0 Å². The Balaban J connectivity index is 1.87. The SMILES string of the molecule is Cc1cc(C)c(CC(=O)N(Cc2cccnc2)C2CCS(=O)(=O)C2)c(C)c1. The second kappa shape index (κ2) is 7.80. The maximum atomic E-state index is 13.2. The number of sulfone groups is 1. The van der Waals surface area contributed by atoms with Gasteiger partial charge in [-0.15, -0.1) is 0 Å². The van der Waals surface area contributed by atoms with Gasteiger partial charge < -0.3 is 4.90 Å². The molecule has 6 heteroatoms. The molecule has 144 valence electrons. The quantitative estimate of drug-likeness (QED) is 0.792. The third-order valence-corrected chi connectivity index (χ3v) is 6.96. The Morgan fingerprint density at radius 3 is 2.48 bits per heavy atom. The Kier molecular flexibility index (Phi) is 5.65. The van der Waals surface area contributed by atoms with Gasteiger partial charge in [0.05, 0.1) is 17.9 Å². The molecular weight excluding hydrogens is 360 g/mol. The number of hydrogen-bond donors (Lipinski definition) is 0. The van der Waals surface area contributed by atoms with Crippen molar-refractivity contribution in [2.24, 2.45) is 0 Å². The van der Waals surface area contributed by atoms with Gasteiger partial charge in [-0.1, -0.05) is 23.8 Å². The maximum absolute atomic E-state index is 13.2. The van der Waals surface area contributed by atoms with Crippen LogP contribution in [0.4, 0.5) is 0 Å². The molecule has 2 heterocycles. The van der Waals surface area contributed by atoms with E-state index in [1.165, 1.54) is 5.56 Å². The zero-order chi connectivity index (χ0) is 19.6. The number of nitrogens with zero attached hydrogens (tertiary/aromatic N) is 2. The zero-order valence-corrected chi connectivity index (χ0v) is 16.9. The number of pyridine rings is 1. The highest BCUT2D eigenvalue weighted by Gasteiger charge is 2.34. The van der Waals surface area contributed by atoms with Crippen molar-refractivity contribution in [1.29, 1.82) is 0 Å². The monoisotopic (exact) mass is 386 g/mol. The van der Waals surface area contributed by atoms with Crippen molar-refractivity contribution in [2.75, 3.05) is 11.5 Å². The van der Waals surface area contributed by atoms with Gasteiger partial charge in [-0.05, 0) is 55.5 Å². The second-order valence-corrected chi connectivity index (χ2v) is 9.72. The number of amides is 1. The standard InChI is InChI=1S/C21H26N2O3S/c1-15-9-16(2)20(17(3)10-15)11-21(24)23(13-18-5-4-7-22-12-18)19-6-8-27(25,26)14-19/h4-5,7,9-10,12,19H,6,8,11,13-14H2,1-3H3. The largest absolute Gasteiger partial charge is 0.334 e. The van der Waals surface area contributed by atoms with Crippen molar-refractivity contribution < 1.29 is 13.2 Å². The van der Waals surface area contributed by atoms with Crippen LogP contribution >= 0.6 is 0 Å². The van der Waals surface area contributed by atoms with Crippen LogP contribution < -0.4 is 0 Å². The molecular formula is C21H26N2O3S. The zero-order valence-electron chi connectivity index (χ0n) is 16.1. The first-order chi connectivity index (χ1) is 12.7. The summed E-state index contributed by atoms with van der Waals surface area (Å²) in [5, 5.41) is 0. The van der Waals surface area contributed by atoms with Crippen LogP contribution in [0.15, 0.2) is 36.7 Å². The topological polar surface area (TPSA) is 67.3 Å². The molecule has 1 aliphatic heterocycles. The summed E-state index contributed by atoms with van der Waals surface area (Å²) in [5.74, 6) is 0.165. The fourth-order valence-electron chi connectivity index (χ4n) is 3.87. The third kappa shape index (κ3) is 4.75. The number of aromatic nitrogens is 1. The van der Waals surface area contributed by atoms with Crippen molar-refractivity contribution in [2.45, 2.75) is 46.2 Å². The summed E-state index contributed by atoms with van der Waals surface area (Å²) in [6, 6.07) is 7.65. The molecule has 2 aromatic rings. The highest BCUT2D eigenvalue weighted by Crippen LogP contribution is 2.23. The van der Waals surface area contributed by atoms with Gasteiger partial charge in [0, 0.05) is 25.0 Å². The van der Waals surface area contributed by atoms with Gasteiger partial charge in [-0.25, -0.2) is 8.42 Å². The van der Waals surface area contributed by atoms with E-state index in [2.05, 4.69) is 17.1 Å². The molecule has 0 saturated carbocycles.